The van der Waals surface area contributed by atoms with Crippen LogP contribution in [0.5, 0.6) is 0 Å². The summed E-state index contributed by atoms with van der Waals surface area (Å²) in [6, 6.07) is 3.56. The summed E-state index contributed by atoms with van der Waals surface area (Å²) in [6.45, 7) is 13.8. The second kappa shape index (κ2) is 31.8. The maximum Gasteiger partial charge on any atom is 0.435 e. The molecule has 20 nitrogen and oxygen atoms in total. The predicted molar refractivity (Wildman–Crippen MR) is 318 cm³/mol. The minimum Gasteiger partial charge on any atom is -0.451 e. The van der Waals surface area contributed by atoms with Crippen LogP contribution in [0.2, 0.25) is 0 Å². The molecule has 0 saturated carbocycles. The fourth-order valence-electron chi connectivity index (χ4n) is 10.8. The number of cyclic esters (lactones) is 4. The van der Waals surface area contributed by atoms with Crippen molar-refractivity contribution < 1.29 is 110 Å². The third kappa shape index (κ3) is 20.9. The number of carbonyl (C=O) groups is 8. The zero-order valence-electron chi connectivity index (χ0n) is 55.4. The molecule has 5 rings (SSSR count). The number of nitrogens with zero attached hydrogens (tertiary/aromatic N) is 8. The number of hydrogen-bond acceptors (Lipinski definition) is 14. The molecule has 1 fully saturated rings. The topological polar surface area (TPSA) is 222 Å². The van der Waals surface area contributed by atoms with E-state index in [2.05, 4.69) is 10.2 Å². The Morgan fingerprint density at radius 2 is 0.646 bits per heavy atom. The number of likely N-dealkylation sites (N-methyl/N-ethyl adjacent to an activating group) is 4. The maximum atomic E-state index is 15.1. The standard InChI is InChI=1S/C64H80F12N8O12/c1-33(2)21-43-57(89)93-37(9)53(85)79(11)46(24-36(7)8)60(92)96-48(28-40-18-16-20-42(26-40)32-84-52(64(74,75)76)30-50(78-84)62(68,69)70)56(88)82(14)44(22-34(3)4)58(90)94-38(10)54(86)80(12)45(23-35(5)6)59(91)95-47(55(87)81(43)13)27-39-17-15-19-41(25-39)31-83-51(63(71,72)73)29-49(77-83)61(65,66)67/h15-20,25-26,29-30,33-38,43-48H,21-24,27-28,31-32H2,1-14H3/t37-,38-,43+,44+,45+,46+,47-,48-/m1/s1. The molecule has 3 heterocycles. The van der Waals surface area contributed by atoms with Gasteiger partial charge < -0.3 is 38.5 Å². The molecule has 0 radical (unpaired) electrons. The highest BCUT2D eigenvalue weighted by Crippen LogP contribution is 2.38. The van der Waals surface area contributed by atoms with Crippen LogP contribution in [0.4, 0.5) is 52.7 Å². The van der Waals surface area contributed by atoms with Crippen molar-refractivity contribution in [1.29, 1.82) is 0 Å². The van der Waals surface area contributed by atoms with Gasteiger partial charge in [0.25, 0.3) is 23.6 Å². The molecule has 4 amide bonds. The molecule has 0 aliphatic carbocycles. The number of amides is 4. The molecule has 96 heavy (non-hydrogen) atoms. The molecule has 0 spiro atoms. The lowest BCUT2D eigenvalue weighted by Crippen LogP contribution is -2.55. The van der Waals surface area contributed by atoms with Crippen molar-refractivity contribution in [2.75, 3.05) is 28.2 Å². The lowest BCUT2D eigenvalue weighted by Gasteiger charge is -2.35. The number of benzene rings is 2. The number of rotatable bonds is 16. The van der Waals surface area contributed by atoms with Gasteiger partial charge in [-0.3, -0.25) is 28.5 Å². The van der Waals surface area contributed by atoms with Crippen LogP contribution in [0.15, 0.2) is 60.7 Å². The van der Waals surface area contributed by atoms with E-state index in [1.807, 2.05) is 0 Å². The zero-order valence-corrected chi connectivity index (χ0v) is 55.4. The summed E-state index contributed by atoms with van der Waals surface area (Å²) in [6.07, 6.45) is -30.6. The highest BCUT2D eigenvalue weighted by atomic mass is 19.4. The zero-order chi connectivity index (χ0) is 72.6. The second-order valence-corrected chi connectivity index (χ2v) is 25.6. The summed E-state index contributed by atoms with van der Waals surface area (Å²) >= 11 is 0. The number of esters is 4. The van der Waals surface area contributed by atoms with Gasteiger partial charge in [0.15, 0.2) is 35.8 Å². The van der Waals surface area contributed by atoms with E-state index >= 15 is 9.59 Å². The van der Waals surface area contributed by atoms with E-state index in [9.17, 15) is 81.5 Å². The molecule has 32 heteroatoms. The van der Waals surface area contributed by atoms with Gasteiger partial charge in [-0.25, -0.2) is 19.2 Å². The minimum absolute atomic E-state index is 0.0583. The van der Waals surface area contributed by atoms with Crippen LogP contribution in [0.25, 0.3) is 0 Å². The van der Waals surface area contributed by atoms with Crippen molar-refractivity contribution in [3.8, 4) is 0 Å². The average Bonchev–Trinajstić information content (AvgIpc) is 1.40. The van der Waals surface area contributed by atoms with Gasteiger partial charge in [0.2, 0.25) is 0 Å². The Morgan fingerprint density at radius 1 is 0.385 bits per heavy atom. The first-order chi connectivity index (χ1) is 44.2. The number of ether oxygens (including phenoxy) is 4. The Kier molecular flexibility index (Phi) is 26.0. The quantitative estimate of drug-likeness (QED) is 0.0579. The summed E-state index contributed by atoms with van der Waals surface area (Å²) < 4.78 is 190. The fourth-order valence-corrected chi connectivity index (χ4v) is 10.8. The van der Waals surface area contributed by atoms with Crippen LogP contribution in [0, 0.1) is 23.7 Å². The van der Waals surface area contributed by atoms with Gasteiger partial charge in [-0.15, -0.1) is 0 Å². The normalized spacial score (nSPS) is 22.1. The molecule has 4 aromatic rings. The van der Waals surface area contributed by atoms with E-state index < -0.39 is 193 Å². The van der Waals surface area contributed by atoms with Crippen molar-refractivity contribution in [2.45, 2.75) is 194 Å². The summed E-state index contributed by atoms with van der Waals surface area (Å²) in [5.41, 5.74) is -7.11. The van der Waals surface area contributed by atoms with Crippen LogP contribution < -0.4 is 0 Å². The van der Waals surface area contributed by atoms with Gasteiger partial charge in [0.1, 0.15) is 35.6 Å². The smallest absolute Gasteiger partial charge is 0.435 e. The summed E-state index contributed by atoms with van der Waals surface area (Å²) in [5, 5.41) is 6.33. The molecule has 1 aliphatic rings. The van der Waals surface area contributed by atoms with Crippen LogP contribution in [-0.2, 0) is 108 Å². The SMILES string of the molecule is CC(C)C[C@H]1C(=O)O[C@H](Cc2cccc(Cn3nc(C(F)(F)F)cc3C(F)(F)F)c2)C(=O)N(C)[C@@H](CC(C)C)C(=O)O[C@H](C)C(=O)N(C)[C@@H](CC(C)C)C(=O)O[C@H](Cc2cccc(Cn3nc(C(F)(F)F)cc3C(F)(F)F)c2)C(=O)N(C)[C@@H](CC(C)C)C(=O)O[C@H](C)C(=O)N1C. The van der Waals surface area contributed by atoms with Crippen LogP contribution in [0.3, 0.4) is 0 Å². The summed E-state index contributed by atoms with van der Waals surface area (Å²) in [7, 11) is 4.61. The average molecular weight is 1380 g/mol. The molecule has 0 unspecified atom stereocenters. The highest BCUT2D eigenvalue weighted by molar-refractivity contribution is 5.94. The summed E-state index contributed by atoms with van der Waals surface area (Å²) in [4.78, 5) is 122. The van der Waals surface area contributed by atoms with E-state index in [-0.39, 0.29) is 69.4 Å². The predicted octanol–water partition coefficient (Wildman–Crippen LogP) is 10.2. The van der Waals surface area contributed by atoms with E-state index in [1.165, 1.54) is 48.5 Å². The molecule has 0 bridgehead atoms. The molecule has 532 valence electrons. The number of hydrogen-bond donors (Lipinski definition) is 0. The molecular formula is C64H80F12N8O12. The monoisotopic (exact) mass is 1380 g/mol. The van der Waals surface area contributed by atoms with E-state index in [0.717, 1.165) is 61.6 Å². The van der Waals surface area contributed by atoms with Crippen molar-refractivity contribution in [1.82, 2.24) is 39.2 Å². The maximum absolute atomic E-state index is 15.1. The largest absolute Gasteiger partial charge is 0.451 e. The summed E-state index contributed by atoms with van der Waals surface area (Å²) in [5.74, 6) is -10.9. The lowest BCUT2D eigenvalue weighted by molar-refractivity contribution is -0.176. The Balaban J connectivity index is 1.64. The lowest BCUT2D eigenvalue weighted by atomic mass is 9.99. The molecule has 0 N–H and O–H groups in total. The number of carbonyl (C=O) groups excluding carboxylic acids is 8. The first-order valence-corrected chi connectivity index (χ1v) is 30.7. The van der Waals surface area contributed by atoms with Gasteiger partial charge in [0, 0.05) is 53.2 Å². The number of aromatic nitrogens is 4. The van der Waals surface area contributed by atoms with Crippen molar-refractivity contribution in [2.24, 2.45) is 23.7 Å². The van der Waals surface area contributed by atoms with Crippen LogP contribution >= 0.6 is 0 Å². The molecule has 1 saturated heterocycles. The fraction of sp³-hybridized carbons (Fsp3) is 0.594. The number of halogens is 12. The molecule has 2 aromatic carbocycles. The van der Waals surface area contributed by atoms with Gasteiger partial charge in [-0.2, -0.15) is 62.9 Å². The van der Waals surface area contributed by atoms with Crippen LogP contribution in [-0.4, -0.2) is 163 Å². The van der Waals surface area contributed by atoms with Crippen molar-refractivity contribution in [3.63, 3.8) is 0 Å². The second-order valence-electron chi connectivity index (χ2n) is 25.6. The molecule has 8 atom stereocenters. The third-order valence-corrected chi connectivity index (χ3v) is 15.7. The van der Waals surface area contributed by atoms with E-state index in [0.29, 0.717) is 0 Å². The third-order valence-electron chi connectivity index (χ3n) is 15.7. The van der Waals surface area contributed by atoms with Gasteiger partial charge in [-0.1, -0.05) is 104 Å². The Morgan fingerprint density at radius 3 is 0.906 bits per heavy atom. The van der Waals surface area contributed by atoms with Crippen molar-refractivity contribution in [3.05, 3.63) is 106 Å². The van der Waals surface area contributed by atoms with Crippen molar-refractivity contribution >= 4 is 47.5 Å². The molecular weight excluding hydrogens is 1300 g/mol. The molecule has 2 aromatic heterocycles. The van der Waals surface area contributed by atoms with Gasteiger partial charge >= 0.3 is 48.6 Å². The first-order valence-electron chi connectivity index (χ1n) is 30.7. The Hall–Kier alpha value is -8.22. The minimum atomic E-state index is -5.29. The van der Waals surface area contributed by atoms with Crippen LogP contribution in [0.1, 0.15) is 140 Å². The van der Waals surface area contributed by atoms with E-state index in [4.69, 9.17) is 18.9 Å². The highest BCUT2D eigenvalue weighted by Gasteiger charge is 2.46. The number of alkyl halides is 12. The Bertz CT molecular complexity index is 3180. The van der Waals surface area contributed by atoms with Gasteiger partial charge in [0.05, 0.1) is 13.1 Å². The molecule has 1 aliphatic heterocycles. The van der Waals surface area contributed by atoms with E-state index in [1.54, 1.807) is 55.4 Å². The Labute approximate surface area is 546 Å². The first kappa shape index (κ1) is 78.5. The van der Waals surface area contributed by atoms with Gasteiger partial charge in [-0.05, 0) is 85.5 Å².